The molecule has 0 bridgehead atoms. The number of unbranched alkanes of at least 4 members (excludes halogenated alkanes) is 27. The van der Waals surface area contributed by atoms with Crippen LogP contribution in [0.2, 0.25) is 0 Å². The number of hydrogen-bond acceptors (Lipinski definition) is 5. The SMILES string of the molecule is CCC/C=C\CCCCCC(CC(=O)NC(CO)C(O)CCCCCCCCCCCCCCCC)OC(=O)CCCCCCC/C=C/C=C/C=C/CCCCCCC. The Labute approximate surface area is 366 Å². The number of allylic oxidation sites excluding steroid dienone is 8. The van der Waals surface area contributed by atoms with Crippen LogP contribution in [-0.4, -0.2) is 46.9 Å². The summed E-state index contributed by atoms with van der Waals surface area (Å²) in [6, 6.07) is -0.709. The van der Waals surface area contributed by atoms with E-state index >= 15 is 0 Å². The fourth-order valence-corrected chi connectivity index (χ4v) is 7.55. The second kappa shape index (κ2) is 46.9. The molecule has 3 N–H and O–H groups in total. The van der Waals surface area contributed by atoms with Gasteiger partial charge in [0.05, 0.1) is 25.2 Å². The number of aliphatic hydroxyl groups is 2. The highest BCUT2D eigenvalue weighted by Crippen LogP contribution is 2.17. The molecular formula is C53H97NO5. The van der Waals surface area contributed by atoms with Crippen LogP contribution in [0.25, 0.3) is 0 Å². The molecule has 0 aromatic carbocycles. The standard InChI is InChI=1S/C53H97NO5/c1-4-7-10-13-16-19-21-23-25-26-27-28-30-32-34-37-40-43-46-53(58)59-49(44-41-38-35-18-15-12-9-6-3)47-52(57)54-50(48-55)51(56)45-42-39-36-33-31-29-24-22-20-17-14-11-8-5-2/h12,15,21,23,25-28,49-51,55-56H,4-11,13-14,16-20,22,24,29-48H2,1-3H3,(H,54,57)/b15-12-,23-21+,26-25+,28-27+. The van der Waals surface area contributed by atoms with Gasteiger partial charge in [-0.15, -0.1) is 0 Å². The molecule has 0 aromatic rings. The molecule has 0 aromatic heterocycles. The fraction of sp³-hybridized carbons (Fsp3) is 0.811. The van der Waals surface area contributed by atoms with Crippen molar-refractivity contribution < 1.29 is 24.5 Å². The van der Waals surface area contributed by atoms with E-state index in [9.17, 15) is 19.8 Å². The summed E-state index contributed by atoms with van der Waals surface area (Å²) in [5, 5.41) is 23.7. The number of amides is 1. The average Bonchev–Trinajstić information content (AvgIpc) is 3.23. The number of nitrogens with one attached hydrogen (secondary N) is 1. The third-order valence-electron chi connectivity index (χ3n) is 11.4. The summed E-state index contributed by atoms with van der Waals surface area (Å²) < 4.78 is 5.89. The minimum atomic E-state index is -0.794. The van der Waals surface area contributed by atoms with Gasteiger partial charge in [0.15, 0.2) is 0 Å². The largest absolute Gasteiger partial charge is 0.462 e. The molecule has 0 aliphatic rings. The number of esters is 1. The number of carbonyl (C=O) groups excluding carboxylic acids is 2. The zero-order valence-corrected chi connectivity index (χ0v) is 39.1. The van der Waals surface area contributed by atoms with Crippen molar-refractivity contribution in [1.29, 1.82) is 0 Å². The maximum Gasteiger partial charge on any atom is 0.306 e. The summed E-state index contributed by atoms with van der Waals surface area (Å²) in [7, 11) is 0. The second-order valence-corrected chi connectivity index (χ2v) is 17.3. The minimum absolute atomic E-state index is 0.0579. The van der Waals surface area contributed by atoms with Crippen LogP contribution in [-0.2, 0) is 14.3 Å². The third-order valence-corrected chi connectivity index (χ3v) is 11.4. The maximum absolute atomic E-state index is 13.1. The molecule has 59 heavy (non-hydrogen) atoms. The summed E-state index contributed by atoms with van der Waals surface area (Å²) in [6.45, 7) is 6.39. The number of hydrogen-bond donors (Lipinski definition) is 3. The van der Waals surface area contributed by atoms with E-state index in [4.69, 9.17) is 4.74 Å². The molecule has 0 saturated carbocycles. The Morgan fingerprint density at radius 3 is 1.42 bits per heavy atom. The van der Waals surface area contributed by atoms with E-state index in [1.54, 1.807) is 0 Å². The molecule has 0 heterocycles. The highest BCUT2D eigenvalue weighted by Gasteiger charge is 2.24. The fourth-order valence-electron chi connectivity index (χ4n) is 7.55. The monoisotopic (exact) mass is 828 g/mol. The van der Waals surface area contributed by atoms with Crippen LogP contribution in [0.4, 0.5) is 0 Å². The summed E-state index contributed by atoms with van der Waals surface area (Å²) in [5.41, 5.74) is 0. The summed E-state index contributed by atoms with van der Waals surface area (Å²) in [5.74, 6) is -0.513. The molecule has 0 fully saturated rings. The maximum atomic E-state index is 13.1. The van der Waals surface area contributed by atoms with Crippen LogP contribution in [0.3, 0.4) is 0 Å². The number of ether oxygens (including phenoxy) is 1. The van der Waals surface area contributed by atoms with Gasteiger partial charge < -0.3 is 20.3 Å². The van der Waals surface area contributed by atoms with Crippen molar-refractivity contribution in [3.05, 3.63) is 48.6 Å². The first-order chi connectivity index (χ1) is 29.0. The summed E-state index contributed by atoms with van der Waals surface area (Å²) >= 11 is 0. The average molecular weight is 828 g/mol. The lowest BCUT2D eigenvalue weighted by Gasteiger charge is -2.24. The molecule has 0 aliphatic carbocycles. The van der Waals surface area contributed by atoms with E-state index in [1.807, 2.05) is 0 Å². The van der Waals surface area contributed by atoms with Crippen LogP contribution in [0.5, 0.6) is 0 Å². The molecule has 1 amide bonds. The summed E-state index contributed by atoms with van der Waals surface area (Å²) in [4.78, 5) is 26.0. The van der Waals surface area contributed by atoms with Crippen molar-refractivity contribution >= 4 is 11.9 Å². The molecule has 3 unspecified atom stereocenters. The van der Waals surface area contributed by atoms with Crippen molar-refractivity contribution in [3.8, 4) is 0 Å². The minimum Gasteiger partial charge on any atom is -0.462 e. The lowest BCUT2D eigenvalue weighted by atomic mass is 10.0. The molecule has 6 nitrogen and oxygen atoms in total. The molecule has 3 atom stereocenters. The van der Waals surface area contributed by atoms with E-state index in [1.165, 1.54) is 109 Å². The van der Waals surface area contributed by atoms with E-state index in [-0.39, 0.29) is 24.9 Å². The Morgan fingerprint density at radius 2 is 0.915 bits per heavy atom. The van der Waals surface area contributed by atoms with Gasteiger partial charge in [0.1, 0.15) is 6.10 Å². The molecule has 0 radical (unpaired) electrons. The molecule has 344 valence electrons. The van der Waals surface area contributed by atoms with E-state index in [0.29, 0.717) is 19.3 Å². The van der Waals surface area contributed by atoms with Gasteiger partial charge in [0.2, 0.25) is 5.91 Å². The van der Waals surface area contributed by atoms with Crippen molar-refractivity contribution in [2.24, 2.45) is 0 Å². The number of aliphatic hydroxyl groups excluding tert-OH is 2. The van der Waals surface area contributed by atoms with Gasteiger partial charge in [0, 0.05) is 6.42 Å². The Morgan fingerprint density at radius 1 is 0.492 bits per heavy atom. The van der Waals surface area contributed by atoms with Crippen LogP contribution >= 0.6 is 0 Å². The van der Waals surface area contributed by atoms with Crippen LogP contribution in [0, 0.1) is 0 Å². The zero-order valence-electron chi connectivity index (χ0n) is 39.1. The van der Waals surface area contributed by atoms with E-state index < -0.39 is 18.2 Å². The van der Waals surface area contributed by atoms with Crippen molar-refractivity contribution in [2.75, 3.05) is 6.61 Å². The highest BCUT2D eigenvalue weighted by molar-refractivity contribution is 5.77. The molecule has 0 spiro atoms. The van der Waals surface area contributed by atoms with Crippen LogP contribution < -0.4 is 5.32 Å². The predicted molar refractivity (Wildman–Crippen MR) is 255 cm³/mol. The number of carbonyl (C=O) groups is 2. The van der Waals surface area contributed by atoms with Crippen LogP contribution in [0.1, 0.15) is 252 Å². The molecule has 0 aliphatic heterocycles. The quantitative estimate of drug-likeness (QED) is 0.0246. The smallest absolute Gasteiger partial charge is 0.306 e. The normalized spacial score (nSPS) is 13.6. The third kappa shape index (κ3) is 42.3. The summed E-state index contributed by atoms with van der Waals surface area (Å²) in [6.07, 6.45) is 56.1. The Hall–Kier alpha value is -2.18. The van der Waals surface area contributed by atoms with Crippen LogP contribution in [0.15, 0.2) is 48.6 Å². The van der Waals surface area contributed by atoms with Gasteiger partial charge in [0.25, 0.3) is 0 Å². The van der Waals surface area contributed by atoms with Crippen molar-refractivity contribution in [3.63, 3.8) is 0 Å². The first-order valence-electron chi connectivity index (χ1n) is 25.4. The topological polar surface area (TPSA) is 95.9 Å². The van der Waals surface area contributed by atoms with Gasteiger partial charge >= 0.3 is 5.97 Å². The lowest BCUT2D eigenvalue weighted by Crippen LogP contribution is -2.46. The van der Waals surface area contributed by atoms with Gasteiger partial charge in [-0.05, 0) is 70.6 Å². The molecule has 0 rings (SSSR count). The van der Waals surface area contributed by atoms with E-state index in [0.717, 1.165) is 96.3 Å². The van der Waals surface area contributed by atoms with Crippen molar-refractivity contribution in [2.45, 2.75) is 270 Å². The zero-order chi connectivity index (χ0) is 43.1. The first kappa shape index (κ1) is 56.8. The van der Waals surface area contributed by atoms with Gasteiger partial charge in [-0.3, -0.25) is 9.59 Å². The second-order valence-electron chi connectivity index (χ2n) is 17.3. The first-order valence-corrected chi connectivity index (χ1v) is 25.4. The Bertz CT molecular complexity index is 1020. The van der Waals surface area contributed by atoms with Gasteiger partial charge in [-0.1, -0.05) is 217 Å². The predicted octanol–water partition coefficient (Wildman–Crippen LogP) is 15.1. The molecule has 6 heteroatoms. The Balaban J connectivity index is 4.46. The van der Waals surface area contributed by atoms with Crippen molar-refractivity contribution in [1.82, 2.24) is 5.32 Å². The molecular weight excluding hydrogens is 731 g/mol. The molecule has 0 saturated heterocycles. The highest BCUT2D eigenvalue weighted by atomic mass is 16.5. The Kier molecular flexibility index (Phi) is 45.1. The van der Waals surface area contributed by atoms with Gasteiger partial charge in [-0.2, -0.15) is 0 Å². The van der Waals surface area contributed by atoms with Gasteiger partial charge in [-0.25, -0.2) is 0 Å². The number of rotatable bonds is 45. The lowest BCUT2D eigenvalue weighted by molar-refractivity contribution is -0.151. The van der Waals surface area contributed by atoms with E-state index in [2.05, 4.69) is 74.7 Å².